The minimum Gasteiger partial charge on any atom is -0.494 e. The SMILES string of the molecule is CCCOc1ccc(C(C)NCC(C)CSC)cc1. The maximum Gasteiger partial charge on any atom is 0.119 e. The Morgan fingerprint density at radius 3 is 2.47 bits per heavy atom. The number of nitrogens with one attached hydrogen (secondary N) is 1. The van der Waals surface area contributed by atoms with Crippen molar-refractivity contribution in [3.8, 4) is 5.75 Å². The molecule has 0 amide bonds. The highest BCUT2D eigenvalue weighted by Crippen LogP contribution is 2.18. The fourth-order valence-corrected chi connectivity index (χ4v) is 2.60. The molecule has 0 spiro atoms. The maximum absolute atomic E-state index is 5.60. The molecular weight excluding hydrogens is 254 g/mol. The highest BCUT2D eigenvalue weighted by molar-refractivity contribution is 7.98. The molecule has 19 heavy (non-hydrogen) atoms. The summed E-state index contributed by atoms with van der Waals surface area (Å²) >= 11 is 1.91. The van der Waals surface area contributed by atoms with Crippen LogP contribution in [0.2, 0.25) is 0 Å². The Bertz CT molecular complexity index is 339. The van der Waals surface area contributed by atoms with Gasteiger partial charge in [0.1, 0.15) is 5.75 Å². The monoisotopic (exact) mass is 281 g/mol. The fraction of sp³-hybridized carbons (Fsp3) is 0.625. The van der Waals surface area contributed by atoms with Crippen molar-refractivity contribution in [1.29, 1.82) is 0 Å². The van der Waals surface area contributed by atoms with Gasteiger partial charge in [-0.1, -0.05) is 26.0 Å². The van der Waals surface area contributed by atoms with Crippen LogP contribution >= 0.6 is 11.8 Å². The second-order valence-corrected chi connectivity index (χ2v) is 6.02. The molecule has 1 aromatic carbocycles. The van der Waals surface area contributed by atoms with Crippen molar-refractivity contribution < 1.29 is 4.74 Å². The van der Waals surface area contributed by atoms with E-state index in [0.717, 1.165) is 25.3 Å². The Balaban J connectivity index is 2.41. The van der Waals surface area contributed by atoms with E-state index in [4.69, 9.17) is 4.74 Å². The van der Waals surface area contributed by atoms with E-state index in [2.05, 4.69) is 56.6 Å². The van der Waals surface area contributed by atoms with Gasteiger partial charge in [-0.05, 0) is 55.5 Å². The molecule has 108 valence electrons. The molecule has 0 aliphatic heterocycles. The van der Waals surface area contributed by atoms with Crippen molar-refractivity contribution in [2.75, 3.05) is 25.2 Å². The van der Waals surface area contributed by atoms with Crippen molar-refractivity contribution in [3.05, 3.63) is 29.8 Å². The lowest BCUT2D eigenvalue weighted by atomic mass is 10.1. The van der Waals surface area contributed by atoms with E-state index in [1.165, 1.54) is 11.3 Å². The van der Waals surface area contributed by atoms with Crippen molar-refractivity contribution in [2.45, 2.75) is 33.2 Å². The van der Waals surface area contributed by atoms with E-state index in [0.29, 0.717) is 12.0 Å². The quantitative estimate of drug-likeness (QED) is 0.735. The van der Waals surface area contributed by atoms with Crippen LogP contribution in [-0.2, 0) is 0 Å². The predicted molar refractivity (Wildman–Crippen MR) is 86.2 cm³/mol. The molecule has 0 heterocycles. The number of thioether (sulfide) groups is 1. The van der Waals surface area contributed by atoms with Crippen LogP contribution in [0.5, 0.6) is 5.75 Å². The number of benzene rings is 1. The maximum atomic E-state index is 5.60. The van der Waals surface area contributed by atoms with Crippen LogP contribution in [0.25, 0.3) is 0 Å². The van der Waals surface area contributed by atoms with Gasteiger partial charge in [-0.2, -0.15) is 11.8 Å². The number of rotatable bonds is 9. The Morgan fingerprint density at radius 2 is 1.89 bits per heavy atom. The number of hydrogen-bond acceptors (Lipinski definition) is 3. The van der Waals surface area contributed by atoms with Gasteiger partial charge >= 0.3 is 0 Å². The average Bonchev–Trinajstić information content (AvgIpc) is 2.43. The second-order valence-electron chi connectivity index (χ2n) is 5.11. The van der Waals surface area contributed by atoms with Crippen LogP contribution in [0.4, 0.5) is 0 Å². The summed E-state index contributed by atoms with van der Waals surface area (Å²) in [4.78, 5) is 0. The van der Waals surface area contributed by atoms with Crippen molar-refractivity contribution in [1.82, 2.24) is 5.32 Å². The molecule has 2 atom stereocenters. The molecule has 0 radical (unpaired) electrons. The molecule has 1 rings (SSSR count). The van der Waals surface area contributed by atoms with E-state index in [9.17, 15) is 0 Å². The van der Waals surface area contributed by atoms with Gasteiger partial charge in [-0.15, -0.1) is 0 Å². The van der Waals surface area contributed by atoms with Gasteiger partial charge in [0.25, 0.3) is 0 Å². The Morgan fingerprint density at radius 1 is 1.21 bits per heavy atom. The Labute approximate surface area is 122 Å². The lowest BCUT2D eigenvalue weighted by Crippen LogP contribution is -2.25. The normalized spacial score (nSPS) is 14.1. The van der Waals surface area contributed by atoms with Gasteiger partial charge in [-0.3, -0.25) is 0 Å². The first-order valence-electron chi connectivity index (χ1n) is 7.12. The number of ether oxygens (including phenoxy) is 1. The standard InChI is InChI=1S/C16H27NOS/c1-5-10-18-16-8-6-15(7-9-16)14(3)17-11-13(2)12-19-4/h6-9,13-14,17H,5,10-12H2,1-4H3. The average molecular weight is 281 g/mol. The number of hydrogen-bond donors (Lipinski definition) is 1. The second kappa shape index (κ2) is 9.27. The van der Waals surface area contributed by atoms with Crippen LogP contribution in [0, 0.1) is 5.92 Å². The van der Waals surface area contributed by atoms with E-state index in [1.807, 2.05) is 11.8 Å². The summed E-state index contributed by atoms with van der Waals surface area (Å²) in [5.74, 6) is 2.89. The molecule has 1 aromatic rings. The summed E-state index contributed by atoms with van der Waals surface area (Å²) in [6, 6.07) is 8.83. The summed E-state index contributed by atoms with van der Waals surface area (Å²) in [6.07, 6.45) is 3.21. The first-order valence-corrected chi connectivity index (χ1v) is 8.51. The molecule has 0 aliphatic rings. The zero-order chi connectivity index (χ0) is 14.1. The minimum absolute atomic E-state index is 0.393. The largest absolute Gasteiger partial charge is 0.494 e. The Hall–Kier alpha value is -0.670. The van der Waals surface area contributed by atoms with Crippen molar-refractivity contribution in [3.63, 3.8) is 0 Å². The van der Waals surface area contributed by atoms with Crippen LogP contribution < -0.4 is 10.1 Å². The summed E-state index contributed by atoms with van der Waals surface area (Å²) in [7, 11) is 0. The van der Waals surface area contributed by atoms with Gasteiger partial charge in [0.2, 0.25) is 0 Å². The van der Waals surface area contributed by atoms with Crippen molar-refractivity contribution in [2.24, 2.45) is 5.92 Å². The summed E-state index contributed by atoms with van der Waals surface area (Å²) in [5.41, 5.74) is 1.32. The summed E-state index contributed by atoms with van der Waals surface area (Å²) in [5, 5.41) is 3.59. The van der Waals surface area contributed by atoms with Gasteiger partial charge in [0.05, 0.1) is 6.61 Å². The van der Waals surface area contributed by atoms with E-state index in [-0.39, 0.29) is 0 Å². The molecule has 0 bridgehead atoms. The third-order valence-electron chi connectivity index (χ3n) is 3.08. The zero-order valence-electron chi connectivity index (χ0n) is 12.6. The zero-order valence-corrected chi connectivity index (χ0v) is 13.4. The summed E-state index contributed by atoms with van der Waals surface area (Å²) in [6.45, 7) is 8.48. The predicted octanol–water partition coefficient (Wildman–Crippen LogP) is 4.13. The third kappa shape index (κ3) is 6.35. The van der Waals surface area contributed by atoms with Crippen molar-refractivity contribution >= 4 is 11.8 Å². The molecule has 0 aromatic heterocycles. The third-order valence-corrected chi connectivity index (χ3v) is 3.98. The van der Waals surface area contributed by atoms with Crippen LogP contribution in [0.3, 0.4) is 0 Å². The smallest absolute Gasteiger partial charge is 0.119 e. The molecule has 0 saturated carbocycles. The molecule has 1 N–H and O–H groups in total. The first kappa shape index (κ1) is 16.4. The highest BCUT2D eigenvalue weighted by atomic mass is 32.2. The molecule has 3 heteroatoms. The topological polar surface area (TPSA) is 21.3 Å². The van der Waals surface area contributed by atoms with Gasteiger partial charge in [0.15, 0.2) is 0 Å². The van der Waals surface area contributed by atoms with E-state index >= 15 is 0 Å². The molecule has 2 nitrogen and oxygen atoms in total. The summed E-state index contributed by atoms with van der Waals surface area (Å²) < 4.78 is 5.60. The first-order chi connectivity index (χ1) is 9.17. The lowest BCUT2D eigenvalue weighted by Gasteiger charge is -2.18. The van der Waals surface area contributed by atoms with Crippen LogP contribution in [-0.4, -0.2) is 25.2 Å². The van der Waals surface area contributed by atoms with E-state index < -0.39 is 0 Å². The highest BCUT2D eigenvalue weighted by Gasteiger charge is 2.07. The van der Waals surface area contributed by atoms with Crippen LogP contribution in [0.1, 0.15) is 38.8 Å². The molecule has 0 aliphatic carbocycles. The van der Waals surface area contributed by atoms with Gasteiger partial charge in [-0.25, -0.2) is 0 Å². The molecular formula is C16H27NOS. The van der Waals surface area contributed by atoms with Crippen LogP contribution in [0.15, 0.2) is 24.3 Å². The van der Waals surface area contributed by atoms with Gasteiger partial charge in [0, 0.05) is 6.04 Å². The van der Waals surface area contributed by atoms with Gasteiger partial charge < -0.3 is 10.1 Å². The molecule has 0 fully saturated rings. The Kier molecular flexibility index (Phi) is 7.99. The fourth-order valence-electron chi connectivity index (χ4n) is 1.91. The minimum atomic E-state index is 0.393. The van der Waals surface area contributed by atoms with E-state index in [1.54, 1.807) is 0 Å². The molecule has 0 saturated heterocycles. The lowest BCUT2D eigenvalue weighted by molar-refractivity contribution is 0.317. The molecule has 2 unspecified atom stereocenters.